The van der Waals surface area contributed by atoms with Crippen LogP contribution in [-0.4, -0.2) is 32.2 Å². The molecule has 150 valence electrons. The molecule has 0 atom stereocenters. The quantitative estimate of drug-likeness (QED) is 0.503. The van der Waals surface area contributed by atoms with Crippen molar-refractivity contribution in [2.45, 2.75) is 10.9 Å². The van der Waals surface area contributed by atoms with Gasteiger partial charge < -0.3 is 0 Å². The summed E-state index contributed by atoms with van der Waals surface area (Å²) in [6, 6.07) is 24.4. The minimum Gasteiger partial charge on any atom is -0.292 e. The second-order valence-electron chi connectivity index (χ2n) is 7.42. The van der Waals surface area contributed by atoms with E-state index in [2.05, 4.69) is 4.90 Å². The minimum atomic E-state index is -3.27. The Labute approximate surface area is 181 Å². The highest BCUT2D eigenvalue weighted by Gasteiger charge is 2.36. The second-order valence-corrected chi connectivity index (χ2v) is 10.3. The summed E-state index contributed by atoms with van der Waals surface area (Å²) in [6.07, 6.45) is 0. The molecule has 1 saturated heterocycles. The van der Waals surface area contributed by atoms with Crippen molar-refractivity contribution in [3.8, 4) is 0 Å². The van der Waals surface area contributed by atoms with Crippen LogP contribution in [0, 0.1) is 5.92 Å². The first-order valence-corrected chi connectivity index (χ1v) is 11.9. The van der Waals surface area contributed by atoms with Crippen molar-refractivity contribution in [1.82, 2.24) is 4.90 Å². The van der Waals surface area contributed by atoms with E-state index >= 15 is 0 Å². The molecule has 0 aromatic heterocycles. The first-order chi connectivity index (χ1) is 13.9. The monoisotopic (exact) mass is 445 g/mol. The van der Waals surface area contributed by atoms with Crippen LogP contribution in [0.15, 0.2) is 83.8 Å². The second kappa shape index (κ2) is 8.49. The molecule has 0 aliphatic carbocycles. The van der Waals surface area contributed by atoms with Gasteiger partial charge in [0.2, 0.25) is 0 Å². The molecule has 0 bridgehead atoms. The summed E-state index contributed by atoms with van der Waals surface area (Å²) in [5.74, 6) is 0.281. The van der Waals surface area contributed by atoms with E-state index in [0.717, 1.165) is 24.2 Å². The number of hydrogen-bond donors (Lipinski definition) is 0. The number of nitrogens with zero attached hydrogens (tertiary/aromatic N) is 1. The number of benzene rings is 3. The third kappa shape index (κ3) is 4.67. The van der Waals surface area contributed by atoms with Crippen molar-refractivity contribution in [1.29, 1.82) is 0 Å². The SMILES string of the molecule is O=S(=O)(CC1CN(C(c2ccc(Cl)cc2)c2ccc(Cl)cc2)C1)c1ccccc1. The van der Waals surface area contributed by atoms with Crippen molar-refractivity contribution in [2.75, 3.05) is 18.8 Å². The van der Waals surface area contributed by atoms with Crippen LogP contribution in [0.4, 0.5) is 0 Å². The summed E-state index contributed by atoms with van der Waals surface area (Å²) in [6.45, 7) is 1.45. The summed E-state index contributed by atoms with van der Waals surface area (Å²) >= 11 is 12.1. The van der Waals surface area contributed by atoms with Crippen LogP contribution in [0.2, 0.25) is 10.0 Å². The number of likely N-dealkylation sites (tertiary alicyclic amines) is 1. The molecule has 6 heteroatoms. The highest BCUT2D eigenvalue weighted by atomic mass is 35.5. The summed E-state index contributed by atoms with van der Waals surface area (Å²) in [5, 5.41) is 1.39. The summed E-state index contributed by atoms with van der Waals surface area (Å²) < 4.78 is 25.4. The molecule has 0 radical (unpaired) electrons. The van der Waals surface area contributed by atoms with Gasteiger partial charge in [0, 0.05) is 23.1 Å². The van der Waals surface area contributed by atoms with Gasteiger partial charge in [0.1, 0.15) is 0 Å². The van der Waals surface area contributed by atoms with Crippen molar-refractivity contribution >= 4 is 33.0 Å². The maximum atomic E-state index is 12.7. The number of hydrogen-bond acceptors (Lipinski definition) is 3. The van der Waals surface area contributed by atoms with Crippen molar-refractivity contribution in [3.05, 3.63) is 100 Å². The lowest BCUT2D eigenvalue weighted by Gasteiger charge is -2.44. The number of rotatable bonds is 6. The molecule has 0 N–H and O–H groups in total. The maximum Gasteiger partial charge on any atom is 0.178 e. The van der Waals surface area contributed by atoms with E-state index in [1.165, 1.54) is 0 Å². The molecule has 0 saturated carbocycles. The molecule has 0 unspecified atom stereocenters. The smallest absolute Gasteiger partial charge is 0.178 e. The van der Waals surface area contributed by atoms with Gasteiger partial charge in [-0.05, 0) is 53.4 Å². The lowest BCUT2D eigenvalue weighted by atomic mass is 9.91. The molecule has 3 aromatic carbocycles. The Morgan fingerprint density at radius 1 is 0.793 bits per heavy atom. The predicted molar refractivity (Wildman–Crippen MR) is 118 cm³/mol. The van der Waals surface area contributed by atoms with E-state index in [0.29, 0.717) is 14.9 Å². The lowest BCUT2D eigenvalue weighted by molar-refractivity contribution is 0.0812. The van der Waals surface area contributed by atoms with Crippen LogP contribution in [0.1, 0.15) is 17.2 Å². The summed E-state index contributed by atoms with van der Waals surface area (Å²) in [4.78, 5) is 2.70. The predicted octanol–water partition coefficient (Wildman–Crippen LogP) is 5.49. The van der Waals surface area contributed by atoms with Gasteiger partial charge in [-0.15, -0.1) is 0 Å². The Hall–Kier alpha value is -1.85. The zero-order valence-electron chi connectivity index (χ0n) is 15.7. The fraction of sp³-hybridized carbons (Fsp3) is 0.217. The highest BCUT2D eigenvalue weighted by molar-refractivity contribution is 7.91. The number of sulfone groups is 1. The fourth-order valence-electron chi connectivity index (χ4n) is 3.86. The maximum absolute atomic E-state index is 12.7. The Kier molecular flexibility index (Phi) is 5.98. The third-order valence-electron chi connectivity index (χ3n) is 5.28. The molecule has 29 heavy (non-hydrogen) atoms. The molecule has 0 amide bonds. The van der Waals surface area contributed by atoms with Gasteiger partial charge in [0.25, 0.3) is 0 Å². The highest BCUT2D eigenvalue weighted by Crippen LogP contribution is 2.36. The lowest BCUT2D eigenvalue weighted by Crippen LogP contribution is -2.51. The van der Waals surface area contributed by atoms with Crippen LogP contribution >= 0.6 is 23.2 Å². The molecular formula is C23H21Cl2NO2S. The molecule has 1 heterocycles. The average Bonchev–Trinajstić information content (AvgIpc) is 2.69. The van der Waals surface area contributed by atoms with E-state index in [1.807, 2.05) is 54.6 Å². The number of halogens is 2. The normalized spacial score (nSPS) is 15.4. The van der Waals surface area contributed by atoms with Crippen molar-refractivity contribution < 1.29 is 8.42 Å². The van der Waals surface area contributed by atoms with Gasteiger partial charge in [-0.2, -0.15) is 0 Å². The Morgan fingerprint density at radius 2 is 1.28 bits per heavy atom. The Balaban J connectivity index is 1.52. The van der Waals surface area contributed by atoms with Crippen LogP contribution in [-0.2, 0) is 9.84 Å². The topological polar surface area (TPSA) is 37.4 Å². The van der Waals surface area contributed by atoms with Crippen LogP contribution < -0.4 is 0 Å². The molecule has 1 aliphatic heterocycles. The van der Waals surface area contributed by atoms with Crippen LogP contribution in [0.5, 0.6) is 0 Å². The average molecular weight is 446 g/mol. The molecule has 1 aliphatic rings. The molecule has 1 fully saturated rings. The van der Waals surface area contributed by atoms with Gasteiger partial charge >= 0.3 is 0 Å². The van der Waals surface area contributed by atoms with E-state index < -0.39 is 9.84 Å². The van der Waals surface area contributed by atoms with Gasteiger partial charge in [0.15, 0.2) is 9.84 Å². The van der Waals surface area contributed by atoms with Gasteiger partial charge in [0.05, 0.1) is 16.7 Å². The van der Waals surface area contributed by atoms with E-state index in [1.54, 1.807) is 24.3 Å². The van der Waals surface area contributed by atoms with Crippen molar-refractivity contribution in [3.63, 3.8) is 0 Å². The Bertz CT molecular complexity index is 1020. The summed E-state index contributed by atoms with van der Waals surface area (Å²) in [7, 11) is -3.27. The third-order valence-corrected chi connectivity index (χ3v) is 7.68. The van der Waals surface area contributed by atoms with Crippen LogP contribution in [0.3, 0.4) is 0 Å². The molecule has 3 aromatic rings. The Morgan fingerprint density at radius 3 is 1.76 bits per heavy atom. The first kappa shape index (κ1) is 20.4. The molecular weight excluding hydrogens is 425 g/mol. The standard InChI is InChI=1S/C23H21Cl2NO2S/c24-20-10-6-18(7-11-20)23(19-8-12-21(25)13-9-19)26-14-17(15-26)16-29(27,28)22-4-2-1-3-5-22/h1-13,17,23H,14-16H2. The molecule has 4 rings (SSSR count). The minimum absolute atomic E-state index is 0.0419. The van der Waals surface area contributed by atoms with E-state index in [4.69, 9.17) is 23.2 Å². The van der Waals surface area contributed by atoms with Crippen molar-refractivity contribution in [2.24, 2.45) is 5.92 Å². The first-order valence-electron chi connectivity index (χ1n) is 9.45. The zero-order chi connectivity index (χ0) is 20.4. The van der Waals surface area contributed by atoms with Gasteiger partial charge in [-0.3, -0.25) is 4.90 Å². The fourth-order valence-corrected chi connectivity index (χ4v) is 5.71. The van der Waals surface area contributed by atoms with E-state index in [9.17, 15) is 8.42 Å². The largest absolute Gasteiger partial charge is 0.292 e. The molecule has 3 nitrogen and oxygen atoms in total. The summed E-state index contributed by atoms with van der Waals surface area (Å²) in [5.41, 5.74) is 2.25. The van der Waals surface area contributed by atoms with Gasteiger partial charge in [-0.25, -0.2) is 8.42 Å². The van der Waals surface area contributed by atoms with Crippen LogP contribution in [0.25, 0.3) is 0 Å². The van der Waals surface area contributed by atoms with E-state index in [-0.39, 0.29) is 17.7 Å². The molecule has 0 spiro atoms. The van der Waals surface area contributed by atoms with Gasteiger partial charge in [-0.1, -0.05) is 65.7 Å². The zero-order valence-corrected chi connectivity index (χ0v) is 18.0.